The zero-order valence-electron chi connectivity index (χ0n) is 13.3. The third-order valence-electron chi connectivity index (χ3n) is 3.49. The highest BCUT2D eigenvalue weighted by Gasteiger charge is 2.20. The van der Waals surface area contributed by atoms with Crippen LogP contribution in [0.3, 0.4) is 0 Å². The van der Waals surface area contributed by atoms with Crippen LogP contribution in [0.15, 0.2) is 62.8 Å². The molecule has 0 aliphatic carbocycles. The Morgan fingerprint density at radius 3 is 2.84 bits per heavy atom. The van der Waals surface area contributed by atoms with Crippen molar-refractivity contribution in [2.75, 3.05) is 0 Å². The van der Waals surface area contributed by atoms with Crippen molar-refractivity contribution in [2.45, 2.75) is 23.9 Å². The fourth-order valence-corrected chi connectivity index (χ4v) is 3.06. The topological polar surface area (TPSA) is 95.7 Å². The Hall–Kier alpha value is -2.94. The Balaban J connectivity index is 1.49. The summed E-state index contributed by atoms with van der Waals surface area (Å²) < 4.78 is 12.4. The molecule has 4 aromatic rings. The van der Waals surface area contributed by atoms with E-state index in [1.54, 1.807) is 10.9 Å². The molecule has 1 aromatic carbocycles. The molecule has 3 heterocycles. The Morgan fingerprint density at radius 1 is 1.16 bits per heavy atom. The summed E-state index contributed by atoms with van der Waals surface area (Å²) in [7, 11) is 0. The lowest BCUT2D eigenvalue weighted by molar-refractivity contribution is 0.380. The molecule has 1 unspecified atom stereocenters. The minimum atomic E-state index is -0.0914. The van der Waals surface area contributed by atoms with Gasteiger partial charge in [-0.25, -0.2) is 4.68 Å². The Morgan fingerprint density at radius 2 is 2.04 bits per heavy atom. The Labute approximate surface area is 147 Å². The first-order valence-corrected chi connectivity index (χ1v) is 8.52. The maximum Gasteiger partial charge on any atom is 0.240 e. The molecule has 3 aromatic heterocycles. The zero-order chi connectivity index (χ0) is 17.1. The van der Waals surface area contributed by atoms with Crippen LogP contribution in [0.2, 0.25) is 0 Å². The van der Waals surface area contributed by atoms with Crippen LogP contribution in [0.25, 0.3) is 11.4 Å². The van der Waals surface area contributed by atoms with Crippen LogP contribution in [-0.4, -0.2) is 30.3 Å². The quantitative estimate of drug-likeness (QED) is 0.487. The predicted octanol–water partition coefficient (Wildman–Crippen LogP) is 3.22. The average Bonchev–Trinajstić information content (AvgIpc) is 3.38. The van der Waals surface area contributed by atoms with Gasteiger partial charge in [-0.3, -0.25) is 0 Å². The van der Waals surface area contributed by atoms with Crippen LogP contribution in [0.1, 0.15) is 23.8 Å². The van der Waals surface area contributed by atoms with E-state index in [2.05, 4.69) is 25.7 Å². The van der Waals surface area contributed by atoms with E-state index in [0.29, 0.717) is 23.4 Å². The Bertz CT molecular complexity index is 935. The van der Waals surface area contributed by atoms with Gasteiger partial charge in [0.2, 0.25) is 16.9 Å². The van der Waals surface area contributed by atoms with Crippen molar-refractivity contribution in [3.8, 4) is 11.4 Å². The fraction of sp³-hybridized carbons (Fsp3) is 0.188. The van der Waals surface area contributed by atoms with Gasteiger partial charge in [0.25, 0.3) is 0 Å². The summed E-state index contributed by atoms with van der Waals surface area (Å²) in [4.78, 5) is 4.47. The van der Waals surface area contributed by atoms with Gasteiger partial charge in [-0.2, -0.15) is 4.98 Å². The van der Waals surface area contributed by atoms with Gasteiger partial charge in [-0.05, 0) is 29.5 Å². The molecule has 1 atom stereocenters. The number of aromatic nitrogens is 6. The number of tetrazole rings is 1. The first-order valence-electron chi connectivity index (χ1n) is 7.64. The number of hydrogen-bond acceptors (Lipinski definition) is 8. The lowest BCUT2D eigenvalue weighted by Gasteiger charge is -2.05. The van der Waals surface area contributed by atoms with Gasteiger partial charge in [0.05, 0.1) is 11.5 Å². The third kappa shape index (κ3) is 3.45. The number of rotatable bonds is 6. The normalized spacial score (nSPS) is 12.4. The van der Waals surface area contributed by atoms with Gasteiger partial charge in [0.1, 0.15) is 12.3 Å². The molecule has 0 spiro atoms. The molecule has 8 nitrogen and oxygen atoms in total. The fourth-order valence-electron chi connectivity index (χ4n) is 2.24. The molecule has 0 aliphatic rings. The van der Waals surface area contributed by atoms with E-state index in [-0.39, 0.29) is 5.25 Å². The minimum Gasteiger partial charge on any atom is -0.467 e. The van der Waals surface area contributed by atoms with Gasteiger partial charge in [0.15, 0.2) is 0 Å². The molecule has 0 saturated carbocycles. The summed E-state index contributed by atoms with van der Waals surface area (Å²) in [5.74, 6) is 1.88. The van der Waals surface area contributed by atoms with Crippen LogP contribution < -0.4 is 0 Å². The number of furan rings is 1. The lowest BCUT2D eigenvalue weighted by atomic mass is 10.2. The molecule has 0 amide bonds. The van der Waals surface area contributed by atoms with E-state index in [1.807, 2.05) is 49.4 Å². The van der Waals surface area contributed by atoms with Gasteiger partial charge >= 0.3 is 0 Å². The summed E-state index contributed by atoms with van der Waals surface area (Å²) in [6, 6.07) is 13.4. The molecule has 25 heavy (non-hydrogen) atoms. The van der Waals surface area contributed by atoms with E-state index >= 15 is 0 Å². The van der Waals surface area contributed by atoms with Crippen LogP contribution in [-0.2, 0) is 6.54 Å². The highest BCUT2D eigenvalue weighted by atomic mass is 32.2. The molecule has 0 bridgehead atoms. The molecule has 0 N–H and O–H groups in total. The first-order chi connectivity index (χ1) is 12.3. The van der Waals surface area contributed by atoms with Gasteiger partial charge in [-0.15, -0.1) is 5.10 Å². The summed E-state index contributed by atoms with van der Waals surface area (Å²) >= 11 is 1.45. The second-order valence-corrected chi connectivity index (χ2v) is 6.59. The van der Waals surface area contributed by atoms with E-state index < -0.39 is 0 Å². The number of benzene rings is 1. The van der Waals surface area contributed by atoms with E-state index in [0.717, 1.165) is 11.3 Å². The molecule has 0 saturated heterocycles. The summed E-state index contributed by atoms with van der Waals surface area (Å²) in [5, 5.41) is 16.4. The summed E-state index contributed by atoms with van der Waals surface area (Å²) in [6.45, 7) is 2.44. The van der Waals surface area contributed by atoms with Crippen molar-refractivity contribution in [3.05, 3.63) is 60.4 Å². The van der Waals surface area contributed by atoms with E-state index in [1.165, 1.54) is 11.8 Å². The molecule has 0 aliphatic heterocycles. The van der Waals surface area contributed by atoms with Gasteiger partial charge in [0, 0.05) is 5.56 Å². The summed E-state index contributed by atoms with van der Waals surface area (Å²) in [6.07, 6.45) is 1.62. The van der Waals surface area contributed by atoms with E-state index in [9.17, 15) is 0 Å². The van der Waals surface area contributed by atoms with Gasteiger partial charge in [-0.1, -0.05) is 47.3 Å². The van der Waals surface area contributed by atoms with Crippen molar-refractivity contribution in [2.24, 2.45) is 0 Å². The standard InChI is InChI=1S/C16H14N6O2S/c1-11(15-17-14(19-24-15)12-6-3-2-4-7-12)25-16-18-20-21-22(16)10-13-8-5-9-23-13/h2-9,11H,10H2,1H3. The van der Waals surface area contributed by atoms with Crippen LogP contribution in [0.5, 0.6) is 0 Å². The highest BCUT2D eigenvalue weighted by molar-refractivity contribution is 7.99. The third-order valence-corrected chi connectivity index (χ3v) is 4.55. The molecule has 0 radical (unpaired) electrons. The number of hydrogen-bond donors (Lipinski definition) is 0. The van der Waals surface area contributed by atoms with Crippen LogP contribution in [0.4, 0.5) is 0 Å². The maximum absolute atomic E-state index is 5.40. The second-order valence-electron chi connectivity index (χ2n) is 5.28. The van der Waals surface area contributed by atoms with Crippen molar-refractivity contribution >= 4 is 11.8 Å². The number of thioether (sulfide) groups is 1. The molecule has 126 valence electrons. The predicted molar refractivity (Wildman–Crippen MR) is 89.6 cm³/mol. The zero-order valence-corrected chi connectivity index (χ0v) is 14.1. The van der Waals surface area contributed by atoms with Crippen molar-refractivity contribution in [1.29, 1.82) is 0 Å². The molecule has 4 rings (SSSR count). The lowest BCUT2D eigenvalue weighted by Crippen LogP contribution is -2.04. The molecule has 9 heteroatoms. The van der Waals surface area contributed by atoms with Crippen molar-refractivity contribution in [3.63, 3.8) is 0 Å². The first kappa shape index (κ1) is 15.6. The van der Waals surface area contributed by atoms with Gasteiger partial charge < -0.3 is 8.94 Å². The SMILES string of the molecule is CC(Sc1nnnn1Cc1ccco1)c1nc(-c2ccccc2)no1. The highest BCUT2D eigenvalue weighted by Crippen LogP contribution is 2.33. The Kier molecular flexibility index (Phi) is 4.30. The van der Waals surface area contributed by atoms with Crippen molar-refractivity contribution in [1.82, 2.24) is 30.3 Å². The molecule has 0 fully saturated rings. The monoisotopic (exact) mass is 354 g/mol. The van der Waals surface area contributed by atoms with Crippen molar-refractivity contribution < 1.29 is 8.94 Å². The largest absolute Gasteiger partial charge is 0.467 e. The second kappa shape index (κ2) is 6.89. The summed E-state index contributed by atoms with van der Waals surface area (Å²) in [5.41, 5.74) is 0.914. The van der Waals surface area contributed by atoms with Crippen LogP contribution >= 0.6 is 11.8 Å². The maximum atomic E-state index is 5.40. The van der Waals surface area contributed by atoms with E-state index in [4.69, 9.17) is 8.94 Å². The minimum absolute atomic E-state index is 0.0914. The molecular formula is C16H14N6O2S. The average molecular weight is 354 g/mol. The number of nitrogens with zero attached hydrogens (tertiary/aromatic N) is 6. The molecular weight excluding hydrogens is 340 g/mol. The van der Waals surface area contributed by atoms with Crippen LogP contribution in [0, 0.1) is 0 Å². The smallest absolute Gasteiger partial charge is 0.240 e.